The van der Waals surface area contributed by atoms with Crippen molar-refractivity contribution in [3.8, 4) is 51.0 Å². The summed E-state index contributed by atoms with van der Waals surface area (Å²) in [6.45, 7) is 0. The number of nitrogens with zero attached hydrogens (tertiary/aromatic N) is 4. The van der Waals surface area contributed by atoms with E-state index in [1.165, 1.54) is 36.5 Å². The number of furan rings is 1. The van der Waals surface area contributed by atoms with E-state index < -0.39 is 0 Å². The van der Waals surface area contributed by atoms with E-state index in [1.807, 2.05) is 59.9 Å². The van der Waals surface area contributed by atoms with Gasteiger partial charge in [-0.05, 0) is 47.5 Å². The molecule has 4 heterocycles. The standard InChI is InChI=1S/C51H30N4OS/c1-3-13-31(14-4-1)33-17-11-18-34(29-33)50-52-49(32-15-5-2-6-16-32)53-51(54-50)41-21-12-23-43-46(41)40-26-25-35(30-44(40)56-43)55-42-22-9-7-19-36(42)38-27-28-39-37-20-8-10-24-45(37)57-48(39)47(38)55/h1-30H. The largest absolute Gasteiger partial charge is 0.456 e. The first kappa shape index (κ1) is 31.9. The van der Waals surface area contributed by atoms with Gasteiger partial charge in [-0.15, -0.1) is 11.3 Å². The number of aromatic nitrogens is 4. The molecule has 0 amide bonds. The number of hydrogen-bond acceptors (Lipinski definition) is 5. The highest BCUT2D eigenvalue weighted by Gasteiger charge is 2.21. The molecule has 0 spiro atoms. The Morgan fingerprint density at radius 2 is 1.07 bits per heavy atom. The third-order valence-corrected chi connectivity index (χ3v) is 12.2. The summed E-state index contributed by atoms with van der Waals surface area (Å²) < 4.78 is 11.7. The highest BCUT2D eigenvalue weighted by atomic mass is 32.1. The third-order valence-electron chi connectivity index (χ3n) is 11.1. The second-order valence-electron chi connectivity index (χ2n) is 14.4. The molecule has 0 aliphatic rings. The highest BCUT2D eigenvalue weighted by Crippen LogP contribution is 2.44. The summed E-state index contributed by atoms with van der Waals surface area (Å²) in [5.74, 6) is 1.82. The van der Waals surface area contributed by atoms with Crippen LogP contribution >= 0.6 is 11.3 Å². The summed E-state index contributed by atoms with van der Waals surface area (Å²) in [6.07, 6.45) is 0. The van der Waals surface area contributed by atoms with Gasteiger partial charge < -0.3 is 8.98 Å². The van der Waals surface area contributed by atoms with E-state index in [2.05, 4.69) is 138 Å². The van der Waals surface area contributed by atoms with Crippen LogP contribution in [0.1, 0.15) is 0 Å². The fourth-order valence-electron chi connectivity index (χ4n) is 8.45. The topological polar surface area (TPSA) is 56.7 Å². The van der Waals surface area contributed by atoms with E-state index in [9.17, 15) is 0 Å². The second kappa shape index (κ2) is 12.6. The summed E-state index contributed by atoms with van der Waals surface area (Å²) in [5.41, 5.74) is 9.99. The fourth-order valence-corrected chi connectivity index (χ4v) is 9.69. The highest BCUT2D eigenvalue weighted by molar-refractivity contribution is 7.26. The lowest BCUT2D eigenvalue weighted by molar-refractivity contribution is 0.668. The molecule has 12 aromatic rings. The van der Waals surface area contributed by atoms with Crippen LogP contribution in [0, 0.1) is 0 Å². The quantitative estimate of drug-likeness (QED) is 0.176. The van der Waals surface area contributed by atoms with Crippen molar-refractivity contribution in [3.63, 3.8) is 0 Å². The molecule has 0 unspecified atom stereocenters. The van der Waals surface area contributed by atoms with Gasteiger partial charge in [-0.1, -0.05) is 140 Å². The van der Waals surface area contributed by atoms with Gasteiger partial charge in [0.05, 0.1) is 15.7 Å². The van der Waals surface area contributed by atoms with Crippen LogP contribution in [-0.4, -0.2) is 19.5 Å². The Kier molecular flexibility index (Phi) is 7.03. The predicted molar refractivity (Wildman–Crippen MR) is 236 cm³/mol. The van der Waals surface area contributed by atoms with Crippen molar-refractivity contribution in [2.24, 2.45) is 0 Å². The second-order valence-corrected chi connectivity index (χ2v) is 15.4. The first-order valence-electron chi connectivity index (χ1n) is 19.0. The molecule has 0 bridgehead atoms. The van der Waals surface area contributed by atoms with Gasteiger partial charge >= 0.3 is 0 Å². The Labute approximate surface area is 330 Å². The van der Waals surface area contributed by atoms with Gasteiger partial charge in [0.1, 0.15) is 11.2 Å². The Morgan fingerprint density at radius 3 is 1.93 bits per heavy atom. The van der Waals surface area contributed by atoms with Crippen molar-refractivity contribution in [2.45, 2.75) is 0 Å². The molecule has 0 atom stereocenters. The Bertz CT molecular complexity index is 3530. The molecular weight excluding hydrogens is 717 g/mol. The van der Waals surface area contributed by atoms with Gasteiger partial charge in [0.15, 0.2) is 17.5 Å². The normalized spacial score (nSPS) is 11.9. The maximum absolute atomic E-state index is 6.73. The van der Waals surface area contributed by atoms with Crippen LogP contribution in [0.2, 0.25) is 0 Å². The van der Waals surface area contributed by atoms with E-state index >= 15 is 0 Å². The smallest absolute Gasteiger partial charge is 0.164 e. The number of benzene rings is 8. The summed E-state index contributed by atoms with van der Waals surface area (Å²) in [4.78, 5) is 15.3. The number of fused-ring (bicyclic) bond motifs is 10. The zero-order valence-electron chi connectivity index (χ0n) is 30.4. The van der Waals surface area contributed by atoms with Crippen molar-refractivity contribution in [1.82, 2.24) is 19.5 Å². The van der Waals surface area contributed by atoms with Gasteiger partial charge in [-0.2, -0.15) is 0 Å². The molecule has 0 radical (unpaired) electrons. The van der Waals surface area contributed by atoms with E-state index in [1.54, 1.807) is 0 Å². The average molecular weight is 747 g/mol. The molecule has 0 N–H and O–H groups in total. The van der Waals surface area contributed by atoms with E-state index in [0.717, 1.165) is 61.0 Å². The minimum Gasteiger partial charge on any atom is -0.456 e. The molecule has 12 rings (SSSR count). The molecule has 8 aromatic carbocycles. The molecule has 0 aliphatic heterocycles. The molecule has 6 heteroatoms. The minimum absolute atomic E-state index is 0.593. The Balaban J connectivity index is 1.06. The third kappa shape index (κ3) is 5.04. The van der Waals surface area contributed by atoms with Gasteiger partial charge in [0.2, 0.25) is 0 Å². The maximum Gasteiger partial charge on any atom is 0.164 e. The molecule has 57 heavy (non-hydrogen) atoms. The van der Waals surface area contributed by atoms with Crippen LogP contribution in [0.4, 0.5) is 0 Å². The summed E-state index contributed by atoms with van der Waals surface area (Å²) in [5, 5.41) is 7.02. The van der Waals surface area contributed by atoms with Gasteiger partial charge in [-0.25, -0.2) is 15.0 Å². The van der Waals surface area contributed by atoms with Crippen molar-refractivity contribution in [1.29, 1.82) is 0 Å². The monoisotopic (exact) mass is 746 g/mol. The predicted octanol–water partition coefficient (Wildman–Crippen LogP) is 13.9. The average Bonchev–Trinajstić information content (AvgIpc) is 3.96. The summed E-state index contributed by atoms with van der Waals surface area (Å²) in [7, 11) is 0. The number of thiophene rings is 1. The van der Waals surface area contributed by atoms with E-state index in [-0.39, 0.29) is 0 Å². The molecular formula is C51H30N4OS. The van der Waals surface area contributed by atoms with Gasteiger partial charge in [-0.3, -0.25) is 0 Å². The van der Waals surface area contributed by atoms with Crippen LogP contribution in [0.5, 0.6) is 0 Å². The lowest BCUT2D eigenvalue weighted by Crippen LogP contribution is -2.00. The number of para-hydroxylation sites is 1. The first-order valence-corrected chi connectivity index (χ1v) is 19.8. The minimum atomic E-state index is 0.593. The van der Waals surface area contributed by atoms with Crippen LogP contribution < -0.4 is 0 Å². The maximum atomic E-state index is 6.73. The van der Waals surface area contributed by atoms with Crippen molar-refractivity contribution in [3.05, 3.63) is 182 Å². The van der Waals surface area contributed by atoms with E-state index in [0.29, 0.717) is 17.5 Å². The van der Waals surface area contributed by atoms with Crippen molar-refractivity contribution < 1.29 is 4.42 Å². The van der Waals surface area contributed by atoms with Crippen molar-refractivity contribution in [2.75, 3.05) is 0 Å². The Hall–Kier alpha value is -7.41. The van der Waals surface area contributed by atoms with Crippen LogP contribution in [0.15, 0.2) is 186 Å². The lowest BCUT2D eigenvalue weighted by atomic mass is 10.0. The molecule has 266 valence electrons. The number of rotatable bonds is 5. The van der Waals surface area contributed by atoms with Crippen molar-refractivity contribution >= 4 is 75.3 Å². The summed E-state index contributed by atoms with van der Waals surface area (Å²) >= 11 is 1.86. The molecule has 0 saturated heterocycles. The fraction of sp³-hybridized carbons (Fsp3) is 0. The number of hydrogen-bond donors (Lipinski definition) is 0. The summed E-state index contributed by atoms with van der Waals surface area (Å²) in [6, 6.07) is 63.6. The van der Waals surface area contributed by atoms with Crippen LogP contribution in [0.25, 0.3) is 115 Å². The van der Waals surface area contributed by atoms with E-state index in [4.69, 9.17) is 19.4 Å². The molecule has 4 aromatic heterocycles. The molecule has 0 fully saturated rings. The molecule has 0 aliphatic carbocycles. The van der Waals surface area contributed by atoms with Gasteiger partial charge in [0.25, 0.3) is 0 Å². The lowest BCUT2D eigenvalue weighted by Gasteiger charge is -2.10. The zero-order chi connectivity index (χ0) is 37.5. The zero-order valence-corrected chi connectivity index (χ0v) is 31.2. The van der Waals surface area contributed by atoms with Crippen LogP contribution in [-0.2, 0) is 0 Å². The van der Waals surface area contributed by atoms with Crippen LogP contribution in [0.3, 0.4) is 0 Å². The molecule has 5 nitrogen and oxygen atoms in total. The van der Waals surface area contributed by atoms with Gasteiger partial charge in [0, 0.05) is 65.5 Å². The first-order chi connectivity index (χ1) is 28.2. The molecule has 0 saturated carbocycles. The SMILES string of the molecule is c1ccc(-c2cccc(-c3nc(-c4ccccc4)nc(-c4cccc5oc6cc(-n7c8ccccc8c8ccc9c%10ccccc%10sc9c87)ccc6c45)n3)c2)cc1. The Morgan fingerprint density at radius 1 is 0.421 bits per heavy atom.